The van der Waals surface area contributed by atoms with Gasteiger partial charge in [-0.1, -0.05) is 6.07 Å². The summed E-state index contributed by atoms with van der Waals surface area (Å²) in [5.41, 5.74) is 6.81. The number of hydrogen-bond acceptors (Lipinski definition) is 4. The first-order chi connectivity index (χ1) is 10.1. The van der Waals surface area contributed by atoms with Crippen molar-refractivity contribution in [3.05, 3.63) is 53.7 Å². The highest BCUT2D eigenvalue weighted by Crippen LogP contribution is 2.15. The first kappa shape index (κ1) is 15.0. The van der Waals surface area contributed by atoms with Gasteiger partial charge in [-0.25, -0.2) is 4.98 Å². The van der Waals surface area contributed by atoms with Crippen LogP contribution in [0.2, 0.25) is 0 Å². The van der Waals surface area contributed by atoms with Crippen molar-refractivity contribution in [1.82, 2.24) is 4.98 Å². The third-order valence-corrected chi connectivity index (χ3v) is 2.75. The van der Waals surface area contributed by atoms with Crippen LogP contribution in [0.25, 0.3) is 0 Å². The average molecular weight is 285 g/mol. The maximum absolute atomic E-state index is 12.1. The second kappa shape index (κ2) is 6.85. The van der Waals surface area contributed by atoms with Crippen molar-refractivity contribution in [2.45, 2.75) is 26.5 Å². The highest BCUT2D eigenvalue weighted by molar-refractivity contribution is 6.03. The molecular weight excluding hydrogens is 266 g/mol. The van der Waals surface area contributed by atoms with Gasteiger partial charge in [0.05, 0.1) is 11.8 Å². The van der Waals surface area contributed by atoms with E-state index in [4.69, 9.17) is 10.5 Å². The van der Waals surface area contributed by atoms with Crippen LogP contribution < -0.4 is 15.8 Å². The molecule has 3 N–H and O–H groups in total. The van der Waals surface area contributed by atoms with Gasteiger partial charge in [-0.05, 0) is 50.2 Å². The number of amides is 1. The molecule has 0 unspecified atom stereocenters. The lowest BCUT2D eigenvalue weighted by Gasteiger charge is -2.10. The predicted molar refractivity (Wildman–Crippen MR) is 82.3 cm³/mol. The lowest BCUT2D eigenvalue weighted by atomic mass is 10.2. The monoisotopic (exact) mass is 285 g/mol. The summed E-state index contributed by atoms with van der Waals surface area (Å²) in [5.74, 6) is 1.02. The SMILES string of the molecule is CC(C)Oc1ccc(C(=O)Nc2cccc(CN)n2)cc1. The van der Waals surface area contributed by atoms with Crippen molar-refractivity contribution in [3.8, 4) is 5.75 Å². The number of nitrogens with zero attached hydrogens (tertiary/aromatic N) is 1. The summed E-state index contributed by atoms with van der Waals surface area (Å²) >= 11 is 0. The third kappa shape index (κ3) is 4.29. The van der Waals surface area contributed by atoms with Gasteiger partial charge in [0, 0.05) is 12.1 Å². The van der Waals surface area contributed by atoms with Crippen LogP contribution in [0.4, 0.5) is 5.82 Å². The van der Waals surface area contributed by atoms with Gasteiger partial charge in [0.15, 0.2) is 0 Å². The largest absolute Gasteiger partial charge is 0.491 e. The fourth-order valence-corrected chi connectivity index (χ4v) is 1.81. The van der Waals surface area contributed by atoms with Crippen LogP contribution in [0.5, 0.6) is 5.75 Å². The van der Waals surface area contributed by atoms with Crippen molar-refractivity contribution in [3.63, 3.8) is 0 Å². The van der Waals surface area contributed by atoms with E-state index in [1.54, 1.807) is 30.3 Å². The van der Waals surface area contributed by atoms with Gasteiger partial charge in [-0.2, -0.15) is 0 Å². The Hall–Kier alpha value is -2.40. The van der Waals surface area contributed by atoms with Crippen molar-refractivity contribution in [2.24, 2.45) is 5.73 Å². The molecule has 21 heavy (non-hydrogen) atoms. The number of rotatable bonds is 5. The summed E-state index contributed by atoms with van der Waals surface area (Å²) in [5, 5.41) is 2.75. The van der Waals surface area contributed by atoms with Crippen LogP contribution in [0.3, 0.4) is 0 Å². The zero-order chi connectivity index (χ0) is 15.2. The molecule has 5 heteroatoms. The van der Waals surface area contributed by atoms with E-state index < -0.39 is 0 Å². The molecule has 0 aliphatic carbocycles. The number of carbonyl (C=O) groups excluding carboxylic acids is 1. The van der Waals surface area contributed by atoms with Crippen LogP contribution in [0, 0.1) is 0 Å². The maximum atomic E-state index is 12.1. The van der Waals surface area contributed by atoms with E-state index in [9.17, 15) is 4.79 Å². The standard InChI is InChI=1S/C16H19N3O2/c1-11(2)21-14-8-6-12(7-9-14)16(20)19-15-5-3-4-13(10-17)18-15/h3-9,11H,10,17H2,1-2H3,(H,18,19,20). The molecule has 2 aromatic rings. The molecule has 0 atom stereocenters. The molecule has 1 aromatic carbocycles. The number of hydrogen-bond donors (Lipinski definition) is 2. The van der Waals surface area contributed by atoms with Crippen LogP contribution in [0.15, 0.2) is 42.5 Å². The quantitative estimate of drug-likeness (QED) is 0.885. The fraction of sp³-hybridized carbons (Fsp3) is 0.250. The minimum absolute atomic E-state index is 0.105. The summed E-state index contributed by atoms with van der Waals surface area (Å²) < 4.78 is 5.54. The lowest BCUT2D eigenvalue weighted by molar-refractivity contribution is 0.102. The summed E-state index contributed by atoms with van der Waals surface area (Å²) in [7, 11) is 0. The molecule has 0 spiro atoms. The molecule has 0 aliphatic heterocycles. The van der Waals surface area contributed by atoms with Crippen LogP contribution in [-0.4, -0.2) is 17.0 Å². The van der Waals surface area contributed by atoms with Crippen molar-refractivity contribution >= 4 is 11.7 Å². The second-order valence-corrected chi connectivity index (χ2v) is 4.86. The predicted octanol–water partition coefficient (Wildman–Crippen LogP) is 2.58. The van der Waals surface area contributed by atoms with Gasteiger partial charge in [0.2, 0.25) is 0 Å². The van der Waals surface area contributed by atoms with E-state index in [1.165, 1.54) is 0 Å². The van der Waals surface area contributed by atoms with Crippen molar-refractivity contribution < 1.29 is 9.53 Å². The number of anilines is 1. The molecule has 1 amide bonds. The van der Waals surface area contributed by atoms with E-state index >= 15 is 0 Å². The van der Waals surface area contributed by atoms with Gasteiger partial charge in [-0.3, -0.25) is 4.79 Å². The van der Waals surface area contributed by atoms with Crippen LogP contribution in [-0.2, 0) is 6.54 Å². The molecule has 0 radical (unpaired) electrons. The number of pyridine rings is 1. The lowest BCUT2D eigenvalue weighted by Crippen LogP contribution is -2.14. The molecular formula is C16H19N3O2. The molecule has 0 saturated carbocycles. The Morgan fingerprint density at radius 1 is 1.24 bits per heavy atom. The number of ether oxygens (including phenoxy) is 1. The van der Waals surface area contributed by atoms with Gasteiger partial charge in [0.1, 0.15) is 11.6 Å². The number of benzene rings is 1. The number of nitrogens with one attached hydrogen (secondary N) is 1. The molecule has 110 valence electrons. The van der Waals surface area contributed by atoms with E-state index in [-0.39, 0.29) is 12.0 Å². The zero-order valence-electron chi connectivity index (χ0n) is 12.2. The Morgan fingerprint density at radius 3 is 2.57 bits per heavy atom. The molecule has 1 heterocycles. The van der Waals surface area contributed by atoms with E-state index in [0.29, 0.717) is 17.9 Å². The Kier molecular flexibility index (Phi) is 4.90. The number of carbonyl (C=O) groups is 1. The Balaban J connectivity index is 2.05. The van der Waals surface area contributed by atoms with E-state index in [0.717, 1.165) is 11.4 Å². The second-order valence-electron chi connectivity index (χ2n) is 4.86. The summed E-state index contributed by atoms with van der Waals surface area (Å²) in [4.78, 5) is 16.4. The molecule has 1 aromatic heterocycles. The summed E-state index contributed by atoms with van der Waals surface area (Å²) in [6.45, 7) is 4.25. The average Bonchev–Trinajstić information content (AvgIpc) is 2.47. The number of nitrogens with two attached hydrogens (primary N) is 1. The van der Waals surface area contributed by atoms with Gasteiger partial charge < -0.3 is 15.8 Å². The van der Waals surface area contributed by atoms with Crippen LogP contribution in [0.1, 0.15) is 29.9 Å². The summed E-state index contributed by atoms with van der Waals surface area (Å²) in [6, 6.07) is 12.3. The fourth-order valence-electron chi connectivity index (χ4n) is 1.81. The highest BCUT2D eigenvalue weighted by Gasteiger charge is 2.07. The van der Waals surface area contributed by atoms with Crippen molar-refractivity contribution in [1.29, 1.82) is 0 Å². The van der Waals surface area contributed by atoms with Gasteiger partial charge in [-0.15, -0.1) is 0 Å². The minimum Gasteiger partial charge on any atom is -0.491 e. The first-order valence-corrected chi connectivity index (χ1v) is 6.82. The number of aromatic nitrogens is 1. The molecule has 5 nitrogen and oxygen atoms in total. The topological polar surface area (TPSA) is 77.2 Å². The molecule has 0 bridgehead atoms. The highest BCUT2D eigenvalue weighted by atomic mass is 16.5. The normalized spacial score (nSPS) is 10.5. The molecule has 0 fully saturated rings. The van der Waals surface area contributed by atoms with Crippen molar-refractivity contribution in [2.75, 3.05) is 5.32 Å². The molecule has 0 aliphatic rings. The van der Waals surface area contributed by atoms with Crippen LogP contribution >= 0.6 is 0 Å². The Morgan fingerprint density at radius 2 is 1.95 bits per heavy atom. The smallest absolute Gasteiger partial charge is 0.256 e. The Bertz CT molecular complexity index is 609. The van der Waals surface area contributed by atoms with Gasteiger partial charge >= 0.3 is 0 Å². The zero-order valence-corrected chi connectivity index (χ0v) is 12.2. The minimum atomic E-state index is -0.215. The Labute approximate surface area is 124 Å². The van der Waals surface area contributed by atoms with Gasteiger partial charge in [0.25, 0.3) is 5.91 Å². The third-order valence-electron chi connectivity index (χ3n) is 2.75. The molecule has 0 saturated heterocycles. The molecule has 2 rings (SSSR count). The first-order valence-electron chi connectivity index (χ1n) is 6.82. The van der Waals surface area contributed by atoms with E-state index in [2.05, 4.69) is 10.3 Å². The van der Waals surface area contributed by atoms with E-state index in [1.807, 2.05) is 26.0 Å². The maximum Gasteiger partial charge on any atom is 0.256 e. The summed E-state index contributed by atoms with van der Waals surface area (Å²) in [6.07, 6.45) is 0.105.